The van der Waals surface area contributed by atoms with Crippen molar-refractivity contribution in [3.8, 4) is 5.75 Å². The number of ether oxygens (including phenoxy) is 1. The lowest BCUT2D eigenvalue weighted by atomic mass is 10.2. The molecule has 0 aromatic heterocycles. The number of benzene rings is 2. The van der Waals surface area contributed by atoms with Gasteiger partial charge in [0.2, 0.25) is 11.8 Å². The molecular weight excluding hydrogens is 382 g/mol. The number of methoxy groups -OCH3 is 1. The molecule has 142 valence electrons. The quantitative estimate of drug-likeness (QED) is 0.784. The first-order valence-electron chi connectivity index (χ1n) is 7.74. The molecular formula is C17H14F2N2O5S. The maximum atomic E-state index is 13.3. The van der Waals surface area contributed by atoms with E-state index in [1.165, 1.54) is 19.2 Å². The lowest BCUT2D eigenvalue weighted by Crippen LogP contribution is -2.28. The van der Waals surface area contributed by atoms with E-state index in [2.05, 4.69) is 4.72 Å². The standard InChI is InChI=1S/C17H14F2N2O5S/c1-26-14-5-3-11(21-16(22)6-7-17(21)23)9-15(14)27(24,25)20-10-2-4-12(18)13(19)8-10/h2-5,8-9,20H,6-7H2,1H3. The van der Waals surface area contributed by atoms with Crippen LogP contribution in [-0.4, -0.2) is 27.3 Å². The number of hydrogen-bond donors (Lipinski definition) is 1. The third-order valence-corrected chi connectivity index (χ3v) is 5.32. The average molecular weight is 396 g/mol. The van der Waals surface area contributed by atoms with Crippen LogP contribution in [0.1, 0.15) is 12.8 Å². The normalized spacial score (nSPS) is 14.6. The van der Waals surface area contributed by atoms with Gasteiger partial charge in [0.1, 0.15) is 10.6 Å². The molecule has 7 nitrogen and oxygen atoms in total. The molecule has 0 bridgehead atoms. The number of sulfonamides is 1. The number of halogens is 2. The number of nitrogens with one attached hydrogen (secondary N) is 1. The zero-order chi connectivity index (χ0) is 19.8. The molecule has 2 aromatic carbocycles. The van der Waals surface area contributed by atoms with Crippen molar-refractivity contribution in [3.63, 3.8) is 0 Å². The molecule has 3 rings (SSSR count). The number of amides is 2. The topological polar surface area (TPSA) is 92.8 Å². The number of hydrogen-bond acceptors (Lipinski definition) is 5. The number of imide groups is 1. The van der Waals surface area contributed by atoms with Crippen LogP contribution in [0.2, 0.25) is 0 Å². The Kier molecular flexibility index (Phi) is 4.83. The minimum absolute atomic E-state index is 0.0417. The fourth-order valence-corrected chi connectivity index (χ4v) is 3.89. The summed E-state index contributed by atoms with van der Waals surface area (Å²) in [6.07, 6.45) is 0.0834. The van der Waals surface area contributed by atoms with Crippen molar-refractivity contribution in [2.75, 3.05) is 16.7 Å². The minimum Gasteiger partial charge on any atom is -0.495 e. The fourth-order valence-electron chi connectivity index (χ4n) is 2.65. The van der Waals surface area contributed by atoms with Gasteiger partial charge < -0.3 is 4.74 Å². The summed E-state index contributed by atoms with van der Waals surface area (Å²) < 4.78 is 59.0. The summed E-state index contributed by atoms with van der Waals surface area (Å²) in [4.78, 5) is 24.3. The molecule has 1 N–H and O–H groups in total. The highest BCUT2D eigenvalue weighted by atomic mass is 32.2. The molecule has 1 saturated heterocycles. The Balaban J connectivity index is 2.02. The molecule has 0 atom stereocenters. The predicted octanol–water partition coefficient (Wildman–Crippen LogP) is 2.43. The summed E-state index contributed by atoms with van der Waals surface area (Å²) in [6, 6.07) is 6.33. The molecule has 1 aliphatic heterocycles. The Morgan fingerprint density at radius 3 is 2.26 bits per heavy atom. The van der Waals surface area contributed by atoms with Gasteiger partial charge in [0, 0.05) is 18.9 Å². The summed E-state index contributed by atoms with van der Waals surface area (Å²) in [7, 11) is -3.04. The van der Waals surface area contributed by atoms with Crippen LogP contribution in [0.25, 0.3) is 0 Å². The fraction of sp³-hybridized carbons (Fsp3) is 0.176. The van der Waals surface area contributed by atoms with Crippen LogP contribution < -0.4 is 14.4 Å². The number of nitrogens with zero attached hydrogens (tertiary/aromatic N) is 1. The smallest absolute Gasteiger partial charge is 0.265 e. The van der Waals surface area contributed by atoms with Crippen molar-refractivity contribution < 1.29 is 31.5 Å². The maximum absolute atomic E-state index is 13.3. The lowest BCUT2D eigenvalue weighted by Gasteiger charge is -2.17. The number of carbonyl (C=O) groups excluding carboxylic acids is 2. The van der Waals surface area contributed by atoms with Crippen molar-refractivity contribution in [3.05, 3.63) is 48.0 Å². The number of anilines is 2. The zero-order valence-electron chi connectivity index (χ0n) is 14.0. The molecule has 2 aromatic rings. The SMILES string of the molecule is COc1ccc(N2C(=O)CCC2=O)cc1S(=O)(=O)Nc1ccc(F)c(F)c1. The van der Waals surface area contributed by atoms with E-state index in [0.717, 1.165) is 23.1 Å². The molecule has 0 radical (unpaired) electrons. The predicted molar refractivity (Wildman–Crippen MR) is 91.9 cm³/mol. The van der Waals surface area contributed by atoms with E-state index < -0.39 is 33.5 Å². The van der Waals surface area contributed by atoms with Gasteiger partial charge >= 0.3 is 0 Å². The van der Waals surface area contributed by atoms with Gasteiger partial charge in [0.15, 0.2) is 11.6 Å². The second-order valence-electron chi connectivity index (χ2n) is 5.69. The number of rotatable bonds is 5. The van der Waals surface area contributed by atoms with E-state index in [-0.39, 0.29) is 34.9 Å². The van der Waals surface area contributed by atoms with Crippen LogP contribution in [0.4, 0.5) is 20.2 Å². The average Bonchev–Trinajstić information content (AvgIpc) is 2.96. The summed E-state index contributed by atoms with van der Waals surface area (Å²) in [5.74, 6) is -3.27. The highest BCUT2D eigenvalue weighted by Gasteiger charge is 2.32. The van der Waals surface area contributed by atoms with Gasteiger partial charge in [-0.05, 0) is 30.3 Å². The zero-order valence-corrected chi connectivity index (χ0v) is 14.8. The third-order valence-electron chi connectivity index (χ3n) is 3.92. The highest BCUT2D eigenvalue weighted by molar-refractivity contribution is 7.92. The maximum Gasteiger partial charge on any atom is 0.265 e. The Bertz CT molecular complexity index is 1020. The molecule has 0 aliphatic carbocycles. The Morgan fingerprint density at radius 2 is 1.67 bits per heavy atom. The minimum atomic E-state index is -4.29. The molecule has 0 unspecified atom stereocenters. The highest BCUT2D eigenvalue weighted by Crippen LogP contribution is 2.32. The summed E-state index contributed by atoms with van der Waals surface area (Å²) in [6.45, 7) is 0. The van der Waals surface area contributed by atoms with Crippen molar-refractivity contribution in [1.29, 1.82) is 0 Å². The van der Waals surface area contributed by atoms with Crippen molar-refractivity contribution in [1.82, 2.24) is 0 Å². The molecule has 10 heteroatoms. The lowest BCUT2D eigenvalue weighted by molar-refractivity contribution is -0.121. The Morgan fingerprint density at radius 1 is 1.00 bits per heavy atom. The monoisotopic (exact) mass is 396 g/mol. The second kappa shape index (κ2) is 6.95. The first-order chi connectivity index (χ1) is 12.7. The molecule has 27 heavy (non-hydrogen) atoms. The van der Waals surface area contributed by atoms with Crippen LogP contribution in [0.3, 0.4) is 0 Å². The van der Waals surface area contributed by atoms with E-state index in [1.807, 2.05) is 0 Å². The molecule has 1 heterocycles. The summed E-state index contributed by atoms with van der Waals surface area (Å²) in [5, 5.41) is 0. The van der Waals surface area contributed by atoms with Gasteiger partial charge in [-0.1, -0.05) is 0 Å². The molecule has 1 aliphatic rings. The molecule has 0 spiro atoms. The first kappa shape index (κ1) is 18.8. The van der Waals surface area contributed by atoms with E-state index in [9.17, 15) is 26.8 Å². The largest absolute Gasteiger partial charge is 0.495 e. The van der Waals surface area contributed by atoms with Crippen LogP contribution in [-0.2, 0) is 19.6 Å². The van der Waals surface area contributed by atoms with E-state index >= 15 is 0 Å². The van der Waals surface area contributed by atoms with Crippen molar-refractivity contribution in [2.24, 2.45) is 0 Å². The van der Waals surface area contributed by atoms with E-state index in [1.54, 1.807) is 0 Å². The van der Waals surface area contributed by atoms with Crippen LogP contribution in [0, 0.1) is 11.6 Å². The van der Waals surface area contributed by atoms with Gasteiger partial charge in [0.25, 0.3) is 10.0 Å². The van der Waals surface area contributed by atoms with Gasteiger partial charge in [-0.15, -0.1) is 0 Å². The first-order valence-corrected chi connectivity index (χ1v) is 9.23. The molecule has 0 saturated carbocycles. The van der Waals surface area contributed by atoms with Gasteiger partial charge in [-0.2, -0.15) is 0 Å². The second-order valence-corrected chi connectivity index (χ2v) is 7.34. The van der Waals surface area contributed by atoms with Crippen LogP contribution >= 0.6 is 0 Å². The van der Waals surface area contributed by atoms with Crippen molar-refractivity contribution in [2.45, 2.75) is 17.7 Å². The molecule has 1 fully saturated rings. The Hall–Kier alpha value is -3.01. The Labute approximate surface area is 153 Å². The molecule has 2 amide bonds. The van der Waals surface area contributed by atoms with Gasteiger partial charge in [-0.25, -0.2) is 17.2 Å². The van der Waals surface area contributed by atoms with Crippen molar-refractivity contribution >= 4 is 33.2 Å². The van der Waals surface area contributed by atoms with Crippen LogP contribution in [0.15, 0.2) is 41.3 Å². The van der Waals surface area contributed by atoms with Gasteiger partial charge in [-0.3, -0.25) is 19.2 Å². The number of carbonyl (C=O) groups is 2. The summed E-state index contributed by atoms with van der Waals surface area (Å²) >= 11 is 0. The van der Waals surface area contributed by atoms with E-state index in [0.29, 0.717) is 6.07 Å². The van der Waals surface area contributed by atoms with E-state index in [4.69, 9.17) is 4.74 Å². The van der Waals surface area contributed by atoms with Crippen LogP contribution in [0.5, 0.6) is 5.75 Å². The summed E-state index contributed by atoms with van der Waals surface area (Å²) in [5.41, 5.74) is -0.122. The third kappa shape index (κ3) is 3.61. The van der Waals surface area contributed by atoms with Gasteiger partial charge in [0.05, 0.1) is 18.5 Å².